The molecule has 0 amide bonds. The molecule has 0 bridgehead atoms. The van der Waals surface area contributed by atoms with Crippen LogP contribution in [0, 0.1) is 11.6 Å². The molecule has 2 aliphatic rings. The highest BCUT2D eigenvalue weighted by Gasteiger charge is 2.51. The predicted octanol–water partition coefficient (Wildman–Crippen LogP) is 8.31. The molecule has 13 heteroatoms. The Morgan fingerprint density at radius 3 is 2.21 bits per heavy atom. The average Bonchev–Trinajstić information content (AvgIpc) is 3.65. The van der Waals surface area contributed by atoms with E-state index < -0.39 is 53.6 Å². The summed E-state index contributed by atoms with van der Waals surface area (Å²) in [6.07, 6.45) is -14.2. The maximum Gasteiger partial charge on any atom is 0.461 e. The van der Waals surface area contributed by atoms with Gasteiger partial charge < -0.3 is 19.1 Å². The van der Waals surface area contributed by atoms with Crippen LogP contribution >= 0.6 is 0 Å². The Bertz CT molecular complexity index is 1490. The molecule has 1 saturated carbocycles. The van der Waals surface area contributed by atoms with E-state index in [2.05, 4.69) is 4.74 Å². The molecule has 2 atom stereocenters. The van der Waals surface area contributed by atoms with E-state index in [9.17, 15) is 35.1 Å². The standard InChI is InChI=1S/C30H24F9NO3/c1-17-40(16-26(41-17)29(35,36)37)28(15-18-5-3-2-4-6-18,19-7-10-24(32)25(13-19)42-22-8-9-22)20-11-21(31)14-23(12-20)43-30(38,39)27(33)34/h2-7,10-14,16-17,22,27H,8-9,15H2,1H3. The van der Waals surface area contributed by atoms with Gasteiger partial charge in [0.1, 0.15) is 11.6 Å². The predicted molar refractivity (Wildman–Crippen MR) is 135 cm³/mol. The number of ether oxygens (including phenoxy) is 3. The van der Waals surface area contributed by atoms with Crippen molar-refractivity contribution in [1.29, 1.82) is 0 Å². The molecule has 5 rings (SSSR count). The number of nitrogens with zero attached hydrogens (tertiary/aromatic N) is 1. The van der Waals surface area contributed by atoms with Crippen LogP contribution in [0.15, 0.2) is 78.7 Å². The number of halogens is 9. The highest BCUT2D eigenvalue weighted by atomic mass is 19.4. The van der Waals surface area contributed by atoms with Crippen LogP contribution in [0.1, 0.15) is 36.5 Å². The molecule has 1 fully saturated rings. The Morgan fingerprint density at radius 1 is 0.907 bits per heavy atom. The molecule has 0 saturated heterocycles. The number of rotatable bonds is 10. The molecular formula is C30H24F9NO3. The summed E-state index contributed by atoms with van der Waals surface area (Å²) in [5.41, 5.74) is -1.65. The van der Waals surface area contributed by atoms with Gasteiger partial charge in [-0.25, -0.2) is 8.78 Å². The van der Waals surface area contributed by atoms with Crippen LogP contribution in [0.25, 0.3) is 0 Å². The fraction of sp³-hybridized carbons (Fsp3) is 0.333. The molecule has 230 valence electrons. The smallest absolute Gasteiger partial charge is 0.461 e. The minimum Gasteiger partial charge on any atom is -0.487 e. The molecule has 1 aliphatic heterocycles. The summed E-state index contributed by atoms with van der Waals surface area (Å²) >= 11 is 0. The molecule has 3 aromatic rings. The van der Waals surface area contributed by atoms with E-state index in [-0.39, 0.29) is 29.4 Å². The Kier molecular flexibility index (Phi) is 7.95. The fourth-order valence-corrected chi connectivity index (χ4v) is 4.99. The summed E-state index contributed by atoms with van der Waals surface area (Å²) in [6.45, 7) is 1.28. The first-order valence-electron chi connectivity index (χ1n) is 13.1. The number of allylic oxidation sites excluding steroid dienone is 1. The van der Waals surface area contributed by atoms with Gasteiger partial charge in [0.05, 0.1) is 17.8 Å². The lowest BCUT2D eigenvalue weighted by Gasteiger charge is -2.45. The summed E-state index contributed by atoms with van der Waals surface area (Å²) in [4.78, 5) is 1.10. The van der Waals surface area contributed by atoms with Crippen molar-refractivity contribution in [3.63, 3.8) is 0 Å². The van der Waals surface area contributed by atoms with Gasteiger partial charge in [-0.3, -0.25) is 0 Å². The first-order chi connectivity index (χ1) is 20.2. The quantitative estimate of drug-likeness (QED) is 0.214. The molecule has 0 spiro atoms. The first-order valence-corrected chi connectivity index (χ1v) is 13.1. The maximum atomic E-state index is 15.1. The summed E-state index contributed by atoms with van der Waals surface area (Å²) in [7, 11) is 0. The normalized spacial score (nSPS) is 18.7. The van der Waals surface area contributed by atoms with Crippen LogP contribution in [-0.2, 0) is 16.7 Å². The van der Waals surface area contributed by atoms with Gasteiger partial charge in [-0.15, -0.1) is 0 Å². The van der Waals surface area contributed by atoms with Crippen molar-refractivity contribution < 1.29 is 53.7 Å². The summed E-state index contributed by atoms with van der Waals surface area (Å²) < 4.78 is 140. The highest BCUT2D eigenvalue weighted by molar-refractivity contribution is 5.48. The van der Waals surface area contributed by atoms with E-state index in [0.717, 1.165) is 23.1 Å². The third-order valence-corrected chi connectivity index (χ3v) is 7.05. The fourth-order valence-electron chi connectivity index (χ4n) is 4.99. The summed E-state index contributed by atoms with van der Waals surface area (Å²) in [5, 5.41) is 0. The molecule has 1 aliphatic carbocycles. The van der Waals surface area contributed by atoms with E-state index >= 15 is 4.39 Å². The van der Waals surface area contributed by atoms with Crippen LogP contribution in [-0.4, -0.2) is 35.9 Å². The monoisotopic (exact) mass is 617 g/mol. The first kappa shape index (κ1) is 30.4. The van der Waals surface area contributed by atoms with Crippen LogP contribution < -0.4 is 9.47 Å². The van der Waals surface area contributed by atoms with Crippen molar-refractivity contribution in [2.45, 2.75) is 62.8 Å². The summed E-state index contributed by atoms with van der Waals surface area (Å²) in [6, 6.07) is 13.8. The van der Waals surface area contributed by atoms with Gasteiger partial charge in [-0.1, -0.05) is 36.4 Å². The SMILES string of the molecule is CC1OC(C(F)(F)F)=CN1C(Cc1ccccc1)(c1cc(F)cc(OC(F)(F)C(F)F)c1)c1ccc(F)c(OC2CC2)c1. The van der Waals surface area contributed by atoms with Crippen molar-refractivity contribution >= 4 is 0 Å². The molecule has 0 aromatic heterocycles. The van der Waals surface area contributed by atoms with Crippen molar-refractivity contribution in [1.82, 2.24) is 4.90 Å². The average molecular weight is 618 g/mol. The second kappa shape index (κ2) is 11.2. The largest absolute Gasteiger partial charge is 0.487 e. The molecule has 0 radical (unpaired) electrons. The van der Waals surface area contributed by atoms with Crippen LogP contribution in [0.5, 0.6) is 11.5 Å². The van der Waals surface area contributed by atoms with Crippen LogP contribution in [0.2, 0.25) is 0 Å². The number of alkyl halides is 7. The maximum absolute atomic E-state index is 15.1. The van der Waals surface area contributed by atoms with Crippen molar-refractivity contribution in [2.24, 2.45) is 0 Å². The van der Waals surface area contributed by atoms with Gasteiger partial charge in [-0.2, -0.15) is 30.7 Å². The lowest BCUT2D eigenvalue weighted by Crippen LogP contribution is -2.49. The Morgan fingerprint density at radius 2 is 1.60 bits per heavy atom. The van der Waals surface area contributed by atoms with E-state index in [1.807, 2.05) is 0 Å². The second-order valence-corrected chi connectivity index (χ2v) is 10.2. The van der Waals surface area contributed by atoms with E-state index in [0.29, 0.717) is 30.7 Å². The van der Waals surface area contributed by atoms with Crippen LogP contribution in [0.4, 0.5) is 39.5 Å². The van der Waals surface area contributed by atoms with Gasteiger partial charge in [0.25, 0.3) is 0 Å². The van der Waals surface area contributed by atoms with Crippen molar-refractivity contribution in [2.75, 3.05) is 0 Å². The molecule has 0 N–H and O–H groups in total. The number of benzene rings is 3. The molecule has 1 heterocycles. The van der Waals surface area contributed by atoms with Crippen molar-refractivity contribution in [3.05, 3.63) is 107 Å². The van der Waals surface area contributed by atoms with Gasteiger partial charge in [0.2, 0.25) is 5.76 Å². The van der Waals surface area contributed by atoms with Gasteiger partial charge >= 0.3 is 18.7 Å². The summed E-state index contributed by atoms with van der Waals surface area (Å²) in [5.74, 6) is -4.63. The zero-order valence-electron chi connectivity index (χ0n) is 22.4. The number of hydrogen-bond donors (Lipinski definition) is 0. The van der Waals surface area contributed by atoms with Gasteiger partial charge in [0, 0.05) is 12.5 Å². The highest BCUT2D eigenvalue weighted by Crippen LogP contribution is 2.48. The molecule has 3 aromatic carbocycles. The Labute approximate surface area is 240 Å². The molecule has 43 heavy (non-hydrogen) atoms. The third-order valence-electron chi connectivity index (χ3n) is 7.05. The number of hydrogen-bond acceptors (Lipinski definition) is 4. The Hall–Kier alpha value is -4.03. The van der Waals surface area contributed by atoms with E-state index in [1.54, 1.807) is 30.3 Å². The van der Waals surface area contributed by atoms with Crippen LogP contribution in [0.3, 0.4) is 0 Å². The third kappa shape index (κ3) is 6.35. The van der Waals surface area contributed by atoms with Gasteiger partial charge in [0.15, 0.2) is 17.8 Å². The zero-order valence-corrected chi connectivity index (χ0v) is 22.4. The van der Waals surface area contributed by atoms with E-state index in [1.165, 1.54) is 19.1 Å². The molecular weight excluding hydrogens is 593 g/mol. The lowest BCUT2D eigenvalue weighted by atomic mass is 9.76. The second-order valence-electron chi connectivity index (χ2n) is 10.2. The minimum absolute atomic E-state index is 0.0701. The molecule has 2 unspecified atom stereocenters. The Balaban J connectivity index is 1.79. The van der Waals surface area contributed by atoms with Gasteiger partial charge in [-0.05, 0) is 60.7 Å². The van der Waals surface area contributed by atoms with E-state index in [4.69, 9.17) is 9.47 Å². The minimum atomic E-state index is -5.01. The molecule has 4 nitrogen and oxygen atoms in total. The zero-order chi connectivity index (χ0) is 31.2. The van der Waals surface area contributed by atoms with Crippen molar-refractivity contribution in [3.8, 4) is 11.5 Å². The topological polar surface area (TPSA) is 30.9 Å². The lowest BCUT2D eigenvalue weighted by molar-refractivity contribution is -0.253.